The van der Waals surface area contributed by atoms with E-state index in [1.165, 1.54) is 12.1 Å². The van der Waals surface area contributed by atoms with Crippen LogP contribution in [0.25, 0.3) is 0 Å². The van der Waals surface area contributed by atoms with Crippen molar-refractivity contribution in [3.63, 3.8) is 0 Å². The van der Waals surface area contributed by atoms with E-state index in [2.05, 4.69) is 10.2 Å². The van der Waals surface area contributed by atoms with Crippen molar-refractivity contribution >= 4 is 17.3 Å². The van der Waals surface area contributed by atoms with Gasteiger partial charge in [0, 0.05) is 56.9 Å². The van der Waals surface area contributed by atoms with Gasteiger partial charge in [-0.05, 0) is 62.4 Å². The highest BCUT2D eigenvalue weighted by atomic mass is 19.4. The number of amides is 1. The van der Waals surface area contributed by atoms with Crippen molar-refractivity contribution in [2.75, 3.05) is 50.4 Å². The number of hydrogen-bond donors (Lipinski definition) is 2. The average molecular weight is 549 g/mol. The molecule has 3 N–H and O–H groups in total. The van der Waals surface area contributed by atoms with Gasteiger partial charge in [-0.3, -0.25) is 4.79 Å². The van der Waals surface area contributed by atoms with E-state index in [9.17, 15) is 18.0 Å². The van der Waals surface area contributed by atoms with Gasteiger partial charge in [-0.15, -0.1) is 0 Å². The van der Waals surface area contributed by atoms with Crippen LogP contribution < -0.4 is 15.8 Å². The Morgan fingerprint density at radius 3 is 2.36 bits per heavy atom. The molecular weight excluding hydrogens is 509 g/mol. The number of rotatable bonds is 10. The van der Waals surface area contributed by atoms with Crippen LogP contribution in [0.5, 0.6) is 5.75 Å². The lowest BCUT2D eigenvalue weighted by molar-refractivity contribution is -0.137. The van der Waals surface area contributed by atoms with E-state index in [4.69, 9.17) is 15.2 Å². The van der Waals surface area contributed by atoms with Crippen molar-refractivity contribution < 1.29 is 27.4 Å². The molecule has 39 heavy (non-hydrogen) atoms. The van der Waals surface area contributed by atoms with Gasteiger partial charge in [-0.1, -0.05) is 12.1 Å². The molecule has 0 spiro atoms. The number of hydrogen-bond acceptors (Lipinski definition) is 6. The number of likely N-dealkylation sites (tertiary alicyclic amines) is 2. The van der Waals surface area contributed by atoms with Gasteiger partial charge in [0.05, 0.1) is 30.6 Å². The minimum absolute atomic E-state index is 0.0800. The summed E-state index contributed by atoms with van der Waals surface area (Å²) in [5.74, 6) is 0.880. The van der Waals surface area contributed by atoms with Crippen molar-refractivity contribution in [2.24, 2.45) is 0 Å². The van der Waals surface area contributed by atoms with E-state index in [1.807, 2.05) is 30.0 Å². The molecule has 2 fully saturated rings. The molecule has 1 amide bonds. The number of piperidine rings is 2. The lowest BCUT2D eigenvalue weighted by atomic mass is 10.0. The highest BCUT2D eigenvalue weighted by Gasteiger charge is 2.30. The summed E-state index contributed by atoms with van der Waals surface area (Å²) in [4.78, 5) is 17.1. The molecule has 2 heterocycles. The number of anilines is 2. The summed E-state index contributed by atoms with van der Waals surface area (Å²) in [6, 6.07) is 11.2. The number of nitrogens with two attached hydrogens (primary N) is 1. The Kier molecular flexibility index (Phi) is 9.96. The highest BCUT2D eigenvalue weighted by Crippen LogP contribution is 2.30. The van der Waals surface area contributed by atoms with Crippen molar-refractivity contribution in [3.8, 4) is 5.75 Å². The first kappa shape index (κ1) is 29.0. The summed E-state index contributed by atoms with van der Waals surface area (Å²) >= 11 is 0. The number of nitrogens with one attached hydrogen (secondary N) is 1. The number of ether oxygens (including phenoxy) is 2. The second-order valence-electron chi connectivity index (χ2n) is 10.3. The molecule has 0 unspecified atom stereocenters. The molecule has 0 aliphatic carbocycles. The van der Waals surface area contributed by atoms with Gasteiger partial charge >= 0.3 is 6.18 Å². The molecule has 2 aromatic carbocycles. The molecule has 2 aromatic rings. The van der Waals surface area contributed by atoms with E-state index < -0.39 is 11.7 Å². The summed E-state index contributed by atoms with van der Waals surface area (Å²) in [6.07, 6.45) is -0.261. The van der Waals surface area contributed by atoms with Crippen LogP contribution in [0.15, 0.2) is 42.5 Å². The normalized spacial score (nSPS) is 17.8. The number of nitrogens with zero attached hydrogens (tertiary/aromatic N) is 2. The second-order valence-corrected chi connectivity index (χ2v) is 10.3. The quantitative estimate of drug-likeness (QED) is 0.400. The smallest absolute Gasteiger partial charge is 0.416 e. The largest absolute Gasteiger partial charge is 0.492 e. The van der Waals surface area contributed by atoms with E-state index >= 15 is 0 Å². The lowest BCUT2D eigenvalue weighted by Crippen LogP contribution is -2.44. The second kappa shape index (κ2) is 13.4. The number of alkyl halides is 3. The molecule has 2 aliphatic rings. The van der Waals surface area contributed by atoms with Gasteiger partial charge in [-0.2, -0.15) is 13.2 Å². The Balaban J connectivity index is 1.11. The van der Waals surface area contributed by atoms with E-state index in [-0.39, 0.29) is 12.0 Å². The third-order valence-electron chi connectivity index (χ3n) is 7.48. The van der Waals surface area contributed by atoms with Crippen LogP contribution in [-0.2, 0) is 22.3 Å². The number of nitrogen functional groups attached to an aromatic ring is 1. The zero-order valence-corrected chi connectivity index (χ0v) is 22.5. The first-order valence-corrected chi connectivity index (χ1v) is 13.8. The van der Waals surface area contributed by atoms with Crippen LogP contribution in [0.3, 0.4) is 0 Å². The van der Waals surface area contributed by atoms with Gasteiger partial charge in [-0.25, -0.2) is 0 Å². The summed E-state index contributed by atoms with van der Waals surface area (Å²) in [5, 5.41) is 3.54. The standard InChI is InChI=1S/C29H39F3N4O3/c1-2-38-27-19-24(7-8-26(27)33)34-23-9-17-36(18-10-23)28(37)13-16-35-14-11-25(12-15-35)39-20-21-3-5-22(6-4-21)29(30,31)32/h3-8,19,23,25,34H,2,9-18,20,33H2,1H3. The average Bonchev–Trinajstić information content (AvgIpc) is 2.93. The molecule has 0 aromatic heterocycles. The van der Waals surface area contributed by atoms with E-state index in [0.29, 0.717) is 37.1 Å². The fourth-order valence-electron chi connectivity index (χ4n) is 5.13. The molecule has 214 valence electrons. The third-order valence-corrected chi connectivity index (χ3v) is 7.48. The monoisotopic (exact) mass is 548 g/mol. The van der Waals surface area contributed by atoms with Crippen LogP contribution >= 0.6 is 0 Å². The van der Waals surface area contributed by atoms with E-state index in [0.717, 1.165) is 81.8 Å². The van der Waals surface area contributed by atoms with Gasteiger partial charge < -0.3 is 30.3 Å². The minimum Gasteiger partial charge on any atom is -0.492 e. The van der Waals surface area contributed by atoms with Crippen molar-refractivity contribution in [1.29, 1.82) is 0 Å². The molecule has 2 aliphatic heterocycles. The Morgan fingerprint density at radius 1 is 1.03 bits per heavy atom. The molecule has 0 atom stereocenters. The van der Waals surface area contributed by atoms with Crippen LogP contribution in [0, 0.1) is 0 Å². The Bertz CT molecular complexity index is 1060. The number of halogens is 3. The maximum Gasteiger partial charge on any atom is 0.416 e. The zero-order valence-electron chi connectivity index (χ0n) is 22.5. The molecular formula is C29H39F3N4O3. The number of benzene rings is 2. The van der Waals surface area contributed by atoms with Crippen molar-refractivity contribution in [2.45, 2.75) is 64.0 Å². The zero-order chi connectivity index (χ0) is 27.8. The molecule has 0 radical (unpaired) electrons. The molecule has 7 nitrogen and oxygen atoms in total. The first-order valence-electron chi connectivity index (χ1n) is 13.8. The van der Waals surface area contributed by atoms with Crippen LogP contribution in [0.4, 0.5) is 24.5 Å². The van der Waals surface area contributed by atoms with E-state index in [1.54, 1.807) is 0 Å². The number of carbonyl (C=O) groups excluding carboxylic acids is 1. The summed E-state index contributed by atoms with van der Waals surface area (Å²) in [6.45, 7) is 6.70. The summed E-state index contributed by atoms with van der Waals surface area (Å²) in [7, 11) is 0. The molecule has 2 saturated heterocycles. The SMILES string of the molecule is CCOc1cc(NC2CCN(C(=O)CCN3CCC(OCc4ccc(C(F)(F)F)cc4)CC3)CC2)ccc1N. The maximum absolute atomic E-state index is 12.8. The topological polar surface area (TPSA) is 80.1 Å². The van der Waals surface area contributed by atoms with Gasteiger partial charge in [0.25, 0.3) is 0 Å². The molecule has 0 bridgehead atoms. The summed E-state index contributed by atoms with van der Waals surface area (Å²) in [5.41, 5.74) is 7.65. The van der Waals surface area contributed by atoms with Gasteiger partial charge in [0.1, 0.15) is 5.75 Å². The fraction of sp³-hybridized carbons (Fsp3) is 0.552. The van der Waals surface area contributed by atoms with Crippen LogP contribution in [0.2, 0.25) is 0 Å². The number of carbonyl (C=O) groups is 1. The van der Waals surface area contributed by atoms with Crippen LogP contribution in [0.1, 0.15) is 50.2 Å². The van der Waals surface area contributed by atoms with Crippen molar-refractivity contribution in [3.05, 3.63) is 53.6 Å². The first-order chi connectivity index (χ1) is 18.7. The van der Waals surface area contributed by atoms with Gasteiger partial charge in [0.15, 0.2) is 0 Å². The fourth-order valence-corrected chi connectivity index (χ4v) is 5.13. The predicted molar refractivity (Wildman–Crippen MR) is 146 cm³/mol. The predicted octanol–water partition coefficient (Wildman–Crippen LogP) is 5.16. The third kappa shape index (κ3) is 8.50. The Hall–Kier alpha value is -2.98. The molecule has 10 heteroatoms. The Labute approximate surface area is 228 Å². The van der Waals surface area contributed by atoms with Crippen molar-refractivity contribution in [1.82, 2.24) is 9.80 Å². The maximum atomic E-state index is 12.8. The van der Waals surface area contributed by atoms with Gasteiger partial charge in [0.2, 0.25) is 5.91 Å². The lowest BCUT2D eigenvalue weighted by Gasteiger charge is -2.35. The molecule has 4 rings (SSSR count). The Morgan fingerprint density at radius 2 is 1.72 bits per heavy atom. The minimum atomic E-state index is -4.33. The highest BCUT2D eigenvalue weighted by molar-refractivity contribution is 5.76. The molecule has 0 saturated carbocycles. The summed E-state index contributed by atoms with van der Waals surface area (Å²) < 4.78 is 49.7. The van der Waals surface area contributed by atoms with Crippen LogP contribution in [-0.4, -0.2) is 67.2 Å².